The Balaban J connectivity index is 2.33. The van der Waals surface area contributed by atoms with Gasteiger partial charge in [-0.25, -0.2) is 0 Å². The van der Waals surface area contributed by atoms with Crippen LogP contribution in [0.5, 0.6) is 0 Å². The van der Waals surface area contributed by atoms with Gasteiger partial charge in [0, 0.05) is 12.3 Å². The lowest BCUT2D eigenvalue weighted by Crippen LogP contribution is -2.24. The van der Waals surface area contributed by atoms with Crippen molar-refractivity contribution < 1.29 is 4.79 Å². The third kappa shape index (κ3) is 5.54. The molecule has 0 aromatic rings. The summed E-state index contributed by atoms with van der Waals surface area (Å²) in [6, 6.07) is 0. The van der Waals surface area contributed by atoms with Crippen LogP contribution in [-0.4, -0.2) is 5.78 Å². The van der Waals surface area contributed by atoms with E-state index in [2.05, 4.69) is 34.6 Å². The van der Waals surface area contributed by atoms with Crippen LogP contribution in [0.4, 0.5) is 0 Å². The van der Waals surface area contributed by atoms with Crippen LogP contribution in [0.2, 0.25) is 0 Å². The van der Waals surface area contributed by atoms with Crippen LogP contribution in [-0.2, 0) is 4.79 Å². The summed E-state index contributed by atoms with van der Waals surface area (Å²) in [4.78, 5) is 12.3. The minimum atomic E-state index is 0.347. The fourth-order valence-corrected chi connectivity index (χ4v) is 3.52. The molecule has 1 nitrogen and oxygen atoms in total. The lowest BCUT2D eigenvalue weighted by molar-refractivity contribution is -0.125. The van der Waals surface area contributed by atoms with Gasteiger partial charge >= 0.3 is 0 Å². The van der Waals surface area contributed by atoms with E-state index in [9.17, 15) is 4.79 Å². The fraction of sp³-hybridized carbons (Fsp3) is 0.941. The Morgan fingerprint density at radius 2 is 1.72 bits per heavy atom. The molecule has 0 N–H and O–H groups in total. The Morgan fingerprint density at radius 3 is 2.17 bits per heavy atom. The van der Waals surface area contributed by atoms with Gasteiger partial charge in [0.2, 0.25) is 0 Å². The van der Waals surface area contributed by atoms with Crippen molar-refractivity contribution in [2.24, 2.45) is 23.2 Å². The molecule has 106 valence electrons. The number of carbonyl (C=O) groups excluding carboxylic acids is 1. The summed E-state index contributed by atoms with van der Waals surface area (Å²) < 4.78 is 0. The molecule has 1 atom stereocenters. The van der Waals surface area contributed by atoms with E-state index in [4.69, 9.17) is 0 Å². The number of hydrogen-bond donors (Lipinski definition) is 0. The second kappa shape index (κ2) is 6.73. The molecule has 0 bridgehead atoms. The maximum atomic E-state index is 12.3. The molecule has 1 saturated carbocycles. The Bertz CT molecular complexity index is 253. The summed E-state index contributed by atoms with van der Waals surface area (Å²) in [6.07, 6.45) is 8.11. The van der Waals surface area contributed by atoms with Gasteiger partial charge in [-0.15, -0.1) is 0 Å². The first-order valence-electron chi connectivity index (χ1n) is 7.84. The van der Waals surface area contributed by atoms with Gasteiger partial charge in [-0.2, -0.15) is 0 Å². The van der Waals surface area contributed by atoms with Crippen molar-refractivity contribution in [3.63, 3.8) is 0 Å². The molecule has 0 aromatic carbocycles. The van der Waals surface area contributed by atoms with E-state index >= 15 is 0 Å². The quantitative estimate of drug-likeness (QED) is 0.654. The molecule has 0 aromatic heterocycles. The van der Waals surface area contributed by atoms with Gasteiger partial charge < -0.3 is 0 Å². The molecule has 0 saturated heterocycles. The van der Waals surface area contributed by atoms with Crippen LogP contribution in [0.3, 0.4) is 0 Å². The van der Waals surface area contributed by atoms with E-state index in [1.807, 2.05) is 0 Å². The molecule has 1 aliphatic carbocycles. The molecule has 1 aliphatic rings. The Labute approximate surface area is 114 Å². The van der Waals surface area contributed by atoms with Crippen LogP contribution >= 0.6 is 0 Å². The number of carbonyl (C=O) groups is 1. The van der Waals surface area contributed by atoms with Gasteiger partial charge in [-0.05, 0) is 49.4 Å². The fourth-order valence-electron chi connectivity index (χ4n) is 3.52. The SMILES string of the molecule is CCC1CCC(C(=O)CC(C)CC(C)(C)C)CC1. The van der Waals surface area contributed by atoms with Crippen LogP contribution in [0, 0.1) is 23.2 Å². The van der Waals surface area contributed by atoms with Crippen molar-refractivity contribution in [3.05, 3.63) is 0 Å². The Hall–Kier alpha value is -0.330. The number of ketones is 1. The van der Waals surface area contributed by atoms with E-state index in [-0.39, 0.29) is 0 Å². The lowest BCUT2D eigenvalue weighted by Gasteiger charge is -2.28. The topological polar surface area (TPSA) is 17.1 Å². The average Bonchev–Trinajstić information content (AvgIpc) is 2.26. The summed E-state index contributed by atoms with van der Waals surface area (Å²) in [5.41, 5.74) is 0.347. The third-order valence-electron chi connectivity index (χ3n) is 4.39. The maximum absolute atomic E-state index is 12.3. The summed E-state index contributed by atoms with van der Waals surface area (Å²) in [5.74, 6) is 2.36. The van der Waals surface area contributed by atoms with Crippen molar-refractivity contribution in [1.29, 1.82) is 0 Å². The smallest absolute Gasteiger partial charge is 0.136 e. The summed E-state index contributed by atoms with van der Waals surface area (Å²) in [6.45, 7) is 11.3. The summed E-state index contributed by atoms with van der Waals surface area (Å²) in [7, 11) is 0. The van der Waals surface area contributed by atoms with Crippen LogP contribution < -0.4 is 0 Å². The van der Waals surface area contributed by atoms with Crippen molar-refractivity contribution >= 4 is 5.78 Å². The molecule has 0 aliphatic heterocycles. The van der Waals surface area contributed by atoms with Gasteiger partial charge in [-0.1, -0.05) is 41.0 Å². The van der Waals surface area contributed by atoms with Crippen molar-refractivity contribution in [3.8, 4) is 0 Å². The molecule has 0 amide bonds. The number of rotatable bonds is 5. The molecule has 1 heteroatoms. The second-order valence-corrected chi connectivity index (χ2v) is 7.67. The molecule has 0 heterocycles. The lowest BCUT2D eigenvalue weighted by atomic mass is 9.76. The predicted octanol–water partition coefficient (Wildman–Crippen LogP) is 5.23. The highest BCUT2D eigenvalue weighted by Crippen LogP contribution is 2.33. The van der Waals surface area contributed by atoms with Gasteiger partial charge in [-0.3, -0.25) is 4.79 Å². The summed E-state index contributed by atoms with van der Waals surface area (Å²) >= 11 is 0. The van der Waals surface area contributed by atoms with E-state index in [1.54, 1.807) is 0 Å². The minimum absolute atomic E-state index is 0.347. The zero-order chi connectivity index (χ0) is 13.8. The monoisotopic (exact) mass is 252 g/mol. The Morgan fingerprint density at radius 1 is 1.17 bits per heavy atom. The van der Waals surface area contributed by atoms with Crippen LogP contribution in [0.1, 0.15) is 79.6 Å². The predicted molar refractivity (Wildman–Crippen MR) is 78.6 cm³/mol. The largest absolute Gasteiger partial charge is 0.299 e. The number of Topliss-reactive ketones (excluding diaryl/α,β-unsaturated/α-hetero) is 1. The van der Waals surface area contributed by atoms with Gasteiger partial charge in [0.15, 0.2) is 0 Å². The van der Waals surface area contributed by atoms with Gasteiger partial charge in [0.05, 0.1) is 0 Å². The zero-order valence-corrected chi connectivity index (χ0v) is 13.1. The van der Waals surface area contributed by atoms with Crippen molar-refractivity contribution in [2.45, 2.75) is 79.6 Å². The molecule has 1 rings (SSSR count). The van der Waals surface area contributed by atoms with Gasteiger partial charge in [0.25, 0.3) is 0 Å². The van der Waals surface area contributed by atoms with E-state index in [0.717, 1.165) is 31.6 Å². The molecule has 1 unspecified atom stereocenters. The maximum Gasteiger partial charge on any atom is 0.136 e. The Kier molecular flexibility index (Phi) is 5.88. The standard InChI is InChI=1S/C17H32O/c1-6-14-7-9-15(10-8-14)16(18)11-13(2)12-17(3,4)5/h13-15H,6-12H2,1-5H3. The van der Waals surface area contributed by atoms with Gasteiger partial charge in [0.1, 0.15) is 5.78 Å². The molecule has 18 heavy (non-hydrogen) atoms. The number of hydrogen-bond acceptors (Lipinski definition) is 1. The van der Waals surface area contributed by atoms with Crippen LogP contribution in [0.25, 0.3) is 0 Å². The molecule has 0 radical (unpaired) electrons. The van der Waals surface area contributed by atoms with E-state index in [1.165, 1.54) is 19.3 Å². The molecule has 1 fully saturated rings. The molecule has 0 spiro atoms. The average molecular weight is 252 g/mol. The minimum Gasteiger partial charge on any atom is -0.299 e. The highest BCUT2D eigenvalue weighted by molar-refractivity contribution is 5.81. The highest BCUT2D eigenvalue weighted by Gasteiger charge is 2.27. The zero-order valence-electron chi connectivity index (χ0n) is 13.1. The molecular weight excluding hydrogens is 220 g/mol. The summed E-state index contributed by atoms with van der Waals surface area (Å²) in [5, 5.41) is 0. The first kappa shape index (κ1) is 15.7. The third-order valence-corrected chi connectivity index (χ3v) is 4.39. The van der Waals surface area contributed by atoms with E-state index in [0.29, 0.717) is 23.0 Å². The van der Waals surface area contributed by atoms with Crippen molar-refractivity contribution in [1.82, 2.24) is 0 Å². The highest BCUT2D eigenvalue weighted by atomic mass is 16.1. The normalized spacial score (nSPS) is 26.9. The molecular formula is C17H32O. The first-order valence-corrected chi connectivity index (χ1v) is 7.84. The first-order chi connectivity index (χ1) is 8.31. The van der Waals surface area contributed by atoms with E-state index < -0.39 is 0 Å². The second-order valence-electron chi connectivity index (χ2n) is 7.67. The van der Waals surface area contributed by atoms with Crippen LogP contribution in [0.15, 0.2) is 0 Å². The van der Waals surface area contributed by atoms with Crippen molar-refractivity contribution in [2.75, 3.05) is 0 Å².